The summed E-state index contributed by atoms with van der Waals surface area (Å²) >= 11 is 0. The molecule has 1 atom stereocenters. The first-order valence-electron chi connectivity index (χ1n) is 7.33. The first-order valence-corrected chi connectivity index (χ1v) is 7.33. The van der Waals surface area contributed by atoms with E-state index >= 15 is 0 Å². The molecule has 1 aliphatic carbocycles. The van der Waals surface area contributed by atoms with Crippen molar-refractivity contribution >= 4 is 5.91 Å². The van der Waals surface area contributed by atoms with Crippen molar-refractivity contribution in [3.05, 3.63) is 0 Å². The Kier molecular flexibility index (Phi) is 4.84. The molecule has 1 amide bonds. The normalized spacial score (nSPS) is 26.8. The van der Waals surface area contributed by atoms with Crippen molar-refractivity contribution in [2.24, 2.45) is 5.92 Å². The van der Waals surface area contributed by atoms with E-state index in [0.717, 1.165) is 32.0 Å². The second-order valence-electron chi connectivity index (χ2n) is 5.62. The van der Waals surface area contributed by atoms with E-state index in [0.29, 0.717) is 5.91 Å². The lowest BCUT2D eigenvalue weighted by atomic mass is 9.89. The topological polar surface area (TPSA) is 32.3 Å². The first-order chi connectivity index (χ1) is 8.31. The van der Waals surface area contributed by atoms with Crippen LogP contribution < -0.4 is 5.32 Å². The SMILES string of the molecule is CCCCC1NCN(CC2CCCCC2)C1=O. The van der Waals surface area contributed by atoms with Gasteiger partial charge in [-0.2, -0.15) is 0 Å². The average Bonchev–Trinajstić information content (AvgIpc) is 2.70. The molecule has 1 saturated heterocycles. The van der Waals surface area contributed by atoms with Gasteiger partial charge in [0.1, 0.15) is 0 Å². The number of carbonyl (C=O) groups is 1. The number of hydrogen-bond donors (Lipinski definition) is 1. The Morgan fingerprint density at radius 1 is 1.29 bits per heavy atom. The Balaban J connectivity index is 1.76. The lowest BCUT2D eigenvalue weighted by Gasteiger charge is -2.26. The summed E-state index contributed by atoms with van der Waals surface area (Å²) in [5.74, 6) is 1.11. The molecule has 1 saturated carbocycles. The molecular weight excluding hydrogens is 212 g/mol. The highest BCUT2D eigenvalue weighted by Gasteiger charge is 2.31. The molecule has 1 unspecified atom stereocenters. The van der Waals surface area contributed by atoms with E-state index in [1.807, 2.05) is 0 Å². The average molecular weight is 238 g/mol. The van der Waals surface area contributed by atoms with Crippen LogP contribution in [0.15, 0.2) is 0 Å². The van der Waals surface area contributed by atoms with Crippen LogP contribution in [-0.4, -0.2) is 30.1 Å². The van der Waals surface area contributed by atoms with Crippen LogP contribution >= 0.6 is 0 Å². The molecule has 1 heterocycles. The molecule has 0 aromatic rings. The van der Waals surface area contributed by atoms with Gasteiger partial charge in [-0.3, -0.25) is 10.1 Å². The Morgan fingerprint density at radius 2 is 2.06 bits per heavy atom. The van der Waals surface area contributed by atoms with Crippen LogP contribution in [-0.2, 0) is 4.79 Å². The molecule has 0 radical (unpaired) electrons. The molecule has 3 nitrogen and oxygen atoms in total. The highest BCUT2D eigenvalue weighted by molar-refractivity contribution is 5.83. The summed E-state index contributed by atoms with van der Waals surface area (Å²) in [6.07, 6.45) is 10.1. The fraction of sp³-hybridized carbons (Fsp3) is 0.929. The van der Waals surface area contributed by atoms with Gasteiger partial charge in [0.25, 0.3) is 0 Å². The smallest absolute Gasteiger partial charge is 0.240 e. The summed E-state index contributed by atoms with van der Waals surface area (Å²) in [6.45, 7) is 3.96. The van der Waals surface area contributed by atoms with Crippen LogP contribution in [0.3, 0.4) is 0 Å². The van der Waals surface area contributed by atoms with Crippen molar-refractivity contribution < 1.29 is 4.79 Å². The van der Waals surface area contributed by atoms with Crippen LogP contribution in [0.4, 0.5) is 0 Å². The van der Waals surface area contributed by atoms with Crippen molar-refractivity contribution in [1.29, 1.82) is 0 Å². The molecule has 17 heavy (non-hydrogen) atoms. The minimum atomic E-state index is 0.110. The zero-order chi connectivity index (χ0) is 12.1. The van der Waals surface area contributed by atoms with Crippen LogP contribution in [0.1, 0.15) is 58.3 Å². The molecule has 98 valence electrons. The highest BCUT2D eigenvalue weighted by Crippen LogP contribution is 2.25. The molecule has 0 aromatic heterocycles. The van der Waals surface area contributed by atoms with Crippen molar-refractivity contribution in [3.63, 3.8) is 0 Å². The highest BCUT2D eigenvalue weighted by atomic mass is 16.2. The number of carbonyl (C=O) groups excluding carboxylic acids is 1. The second kappa shape index (κ2) is 6.39. The number of amides is 1. The third-order valence-electron chi connectivity index (χ3n) is 4.19. The van der Waals surface area contributed by atoms with Gasteiger partial charge in [-0.15, -0.1) is 0 Å². The third-order valence-corrected chi connectivity index (χ3v) is 4.19. The van der Waals surface area contributed by atoms with E-state index in [2.05, 4.69) is 17.1 Å². The molecule has 0 bridgehead atoms. The second-order valence-corrected chi connectivity index (χ2v) is 5.62. The first kappa shape index (κ1) is 12.9. The van der Waals surface area contributed by atoms with Crippen molar-refractivity contribution in [2.75, 3.05) is 13.2 Å². The quantitative estimate of drug-likeness (QED) is 0.798. The number of unbranched alkanes of at least 4 members (excludes halogenated alkanes) is 1. The van der Waals surface area contributed by atoms with Crippen LogP contribution in [0, 0.1) is 5.92 Å². The minimum Gasteiger partial charge on any atom is -0.328 e. The molecular formula is C14H26N2O. The summed E-state index contributed by atoms with van der Waals surface area (Å²) in [6, 6.07) is 0.110. The van der Waals surface area contributed by atoms with E-state index in [9.17, 15) is 4.79 Å². The van der Waals surface area contributed by atoms with Crippen LogP contribution in [0.25, 0.3) is 0 Å². The third kappa shape index (κ3) is 3.44. The van der Waals surface area contributed by atoms with Crippen LogP contribution in [0.2, 0.25) is 0 Å². The standard InChI is InChI=1S/C14H26N2O/c1-2-3-9-13-14(17)16(11-15-13)10-12-7-5-4-6-8-12/h12-13,15H,2-11H2,1H3. The maximum atomic E-state index is 12.1. The monoisotopic (exact) mass is 238 g/mol. The molecule has 3 heteroatoms. The number of hydrogen-bond acceptors (Lipinski definition) is 2. The lowest BCUT2D eigenvalue weighted by Crippen LogP contribution is -2.34. The predicted molar refractivity (Wildman–Crippen MR) is 69.6 cm³/mol. The Hall–Kier alpha value is -0.570. The molecule has 0 spiro atoms. The van der Waals surface area contributed by atoms with Gasteiger partial charge < -0.3 is 4.90 Å². The minimum absolute atomic E-state index is 0.110. The summed E-state index contributed by atoms with van der Waals surface area (Å²) < 4.78 is 0. The van der Waals surface area contributed by atoms with E-state index in [-0.39, 0.29) is 6.04 Å². The number of nitrogens with one attached hydrogen (secondary N) is 1. The molecule has 2 fully saturated rings. The zero-order valence-electron chi connectivity index (χ0n) is 11.1. The Morgan fingerprint density at radius 3 is 2.76 bits per heavy atom. The van der Waals surface area contributed by atoms with Crippen molar-refractivity contribution in [3.8, 4) is 0 Å². The molecule has 2 rings (SSSR count). The van der Waals surface area contributed by atoms with Gasteiger partial charge in [0, 0.05) is 6.54 Å². The fourth-order valence-corrected chi connectivity index (χ4v) is 3.08. The summed E-state index contributed by atoms with van der Waals surface area (Å²) in [5, 5.41) is 3.36. The maximum absolute atomic E-state index is 12.1. The summed E-state index contributed by atoms with van der Waals surface area (Å²) in [7, 11) is 0. The number of rotatable bonds is 5. The molecule has 0 aromatic carbocycles. The predicted octanol–water partition coefficient (Wildman–Crippen LogP) is 2.51. The number of nitrogens with zero attached hydrogens (tertiary/aromatic N) is 1. The molecule has 2 aliphatic rings. The van der Waals surface area contributed by atoms with Crippen molar-refractivity contribution in [1.82, 2.24) is 10.2 Å². The van der Waals surface area contributed by atoms with E-state index in [1.54, 1.807) is 0 Å². The van der Waals surface area contributed by atoms with E-state index < -0.39 is 0 Å². The molecule has 1 N–H and O–H groups in total. The maximum Gasteiger partial charge on any atom is 0.240 e. The Labute approximate surface area is 105 Å². The van der Waals surface area contributed by atoms with Crippen LogP contribution in [0.5, 0.6) is 0 Å². The lowest BCUT2D eigenvalue weighted by molar-refractivity contribution is -0.129. The van der Waals surface area contributed by atoms with Gasteiger partial charge in [0.05, 0.1) is 12.7 Å². The van der Waals surface area contributed by atoms with Crippen molar-refractivity contribution in [2.45, 2.75) is 64.3 Å². The van der Waals surface area contributed by atoms with Gasteiger partial charge >= 0.3 is 0 Å². The molecule has 1 aliphatic heterocycles. The van der Waals surface area contributed by atoms with E-state index in [4.69, 9.17) is 0 Å². The van der Waals surface area contributed by atoms with Gasteiger partial charge in [-0.1, -0.05) is 39.0 Å². The Bertz CT molecular complexity index is 249. The van der Waals surface area contributed by atoms with Gasteiger partial charge in [-0.05, 0) is 25.2 Å². The zero-order valence-corrected chi connectivity index (χ0v) is 11.1. The van der Waals surface area contributed by atoms with Gasteiger partial charge in [0.15, 0.2) is 0 Å². The summed E-state index contributed by atoms with van der Waals surface area (Å²) in [5.41, 5.74) is 0. The largest absolute Gasteiger partial charge is 0.328 e. The fourth-order valence-electron chi connectivity index (χ4n) is 3.08. The van der Waals surface area contributed by atoms with Gasteiger partial charge in [-0.25, -0.2) is 0 Å². The van der Waals surface area contributed by atoms with E-state index in [1.165, 1.54) is 38.5 Å². The summed E-state index contributed by atoms with van der Waals surface area (Å²) in [4.78, 5) is 14.2. The van der Waals surface area contributed by atoms with Gasteiger partial charge in [0.2, 0.25) is 5.91 Å².